The van der Waals surface area contributed by atoms with Crippen molar-refractivity contribution in [3.8, 4) is 0 Å². The first kappa shape index (κ1) is 27.2. The first-order valence-electron chi connectivity index (χ1n) is 14.4. The number of hydrogen-bond donors (Lipinski definition) is 2. The van der Waals surface area contributed by atoms with Crippen LogP contribution in [0, 0.1) is 22.2 Å². The Morgan fingerprint density at radius 3 is 2.50 bits per heavy atom. The Kier molecular flexibility index (Phi) is 6.31. The molecule has 4 saturated heterocycles. The summed E-state index contributed by atoms with van der Waals surface area (Å²) in [6.07, 6.45) is -0.473. The summed E-state index contributed by atoms with van der Waals surface area (Å²) in [6, 6.07) is 8.29. The summed E-state index contributed by atoms with van der Waals surface area (Å²) in [7, 11) is 0. The van der Waals surface area contributed by atoms with E-state index in [1.165, 1.54) is 4.90 Å². The van der Waals surface area contributed by atoms with Crippen LogP contribution in [0.4, 0.5) is 0 Å². The molecule has 10 nitrogen and oxygen atoms in total. The second-order valence-corrected chi connectivity index (χ2v) is 13.1. The monoisotopic (exact) mass is 554 g/mol. The predicted octanol–water partition coefficient (Wildman–Crippen LogP) is 2.19. The molecular formula is C30H38N2O8. The maximum absolute atomic E-state index is 14.3. The molecule has 6 atom stereocenters. The van der Waals surface area contributed by atoms with Crippen LogP contribution in [0.5, 0.6) is 0 Å². The molecule has 4 heterocycles. The molecular weight excluding hydrogens is 516 g/mol. The van der Waals surface area contributed by atoms with E-state index >= 15 is 0 Å². The van der Waals surface area contributed by atoms with Crippen molar-refractivity contribution >= 4 is 23.8 Å². The van der Waals surface area contributed by atoms with Crippen molar-refractivity contribution < 1.29 is 38.5 Å². The Morgan fingerprint density at radius 1 is 1.12 bits per heavy atom. The number of nitrogens with one attached hydrogen (secondary N) is 1. The highest BCUT2D eigenvalue weighted by atomic mass is 16.6. The third-order valence-corrected chi connectivity index (χ3v) is 10.3. The van der Waals surface area contributed by atoms with Gasteiger partial charge in [-0.25, -0.2) is 4.79 Å². The van der Waals surface area contributed by atoms with Gasteiger partial charge < -0.3 is 29.5 Å². The number of hydrogen-bond acceptors (Lipinski definition) is 9. The molecule has 1 aromatic carbocycles. The minimum Gasteiger partial charge on any atom is -0.461 e. The summed E-state index contributed by atoms with van der Waals surface area (Å²) in [6.45, 7) is 7.66. The van der Waals surface area contributed by atoms with Crippen LogP contribution in [-0.4, -0.2) is 77.5 Å². The van der Waals surface area contributed by atoms with Gasteiger partial charge in [0.05, 0.1) is 17.6 Å². The number of amides is 1. The number of carbonyl (C=O) groups is 4. The average molecular weight is 555 g/mol. The Hall–Kier alpha value is -2.98. The SMILES string of the molecule is CC(C)(C)[C@]1(O)C[C@@H]2OC(=O)C[C@@]23C(=O)O[C@@H]2N(CCCC4CCNCC4)C(=O)[C@H](OC(=O)c4ccccc4)[C@]213. The van der Waals surface area contributed by atoms with E-state index in [1.54, 1.807) is 30.3 Å². The van der Waals surface area contributed by atoms with E-state index in [9.17, 15) is 24.3 Å². The summed E-state index contributed by atoms with van der Waals surface area (Å²) >= 11 is 0. The minimum absolute atomic E-state index is 0.0661. The molecule has 0 radical (unpaired) electrons. The number of esters is 3. The molecule has 2 spiro atoms. The minimum atomic E-state index is -1.75. The molecule has 2 N–H and O–H groups in total. The summed E-state index contributed by atoms with van der Waals surface area (Å²) in [4.78, 5) is 55.8. The molecule has 0 aromatic heterocycles. The molecule has 4 aliphatic heterocycles. The quantitative estimate of drug-likeness (QED) is 0.401. The Labute approximate surface area is 233 Å². The fourth-order valence-electron chi connectivity index (χ4n) is 8.29. The van der Waals surface area contributed by atoms with Crippen LogP contribution in [0.25, 0.3) is 0 Å². The molecule has 0 bridgehead atoms. The van der Waals surface area contributed by atoms with E-state index in [1.807, 2.05) is 20.8 Å². The van der Waals surface area contributed by atoms with Gasteiger partial charge in [-0.15, -0.1) is 0 Å². The van der Waals surface area contributed by atoms with Crippen molar-refractivity contribution in [1.29, 1.82) is 0 Å². The number of benzene rings is 1. The van der Waals surface area contributed by atoms with Crippen molar-refractivity contribution in [3.05, 3.63) is 35.9 Å². The van der Waals surface area contributed by atoms with Crippen molar-refractivity contribution in [2.75, 3.05) is 19.6 Å². The van der Waals surface area contributed by atoms with E-state index in [4.69, 9.17) is 14.2 Å². The molecule has 6 rings (SSSR count). The zero-order valence-electron chi connectivity index (χ0n) is 23.3. The zero-order chi connectivity index (χ0) is 28.5. The summed E-state index contributed by atoms with van der Waals surface area (Å²) in [5, 5.41) is 16.0. The summed E-state index contributed by atoms with van der Waals surface area (Å²) in [5.74, 6) is -2.02. The lowest BCUT2D eigenvalue weighted by atomic mass is 9.52. The maximum Gasteiger partial charge on any atom is 0.338 e. The number of carbonyl (C=O) groups excluding carboxylic acids is 4. The van der Waals surface area contributed by atoms with Crippen molar-refractivity contribution in [1.82, 2.24) is 10.2 Å². The number of ether oxygens (including phenoxy) is 3. The molecule has 1 aliphatic carbocycles. The van der Waals surface area contributed by atoms with E-state index in [2.05, 4.69) is 5.32 Å². The van der Waals surface area contributed by atoms with Crippen LogP contribution in [0.2, 0.25) is 0 Å². The first-order valence-corrected chi connectivity index (χ1v) is 14.4. The topological polar surface area (TPSA) is 131 Å². The third kappa shape index (κ3) is 3.47. The second kappa shape index (κ2) is 9.27. The van der Waals surface area contributed by atoms with Gasteiger partial charge in [-0.3, -0.25) is 14.4 Å². The maximum atomic E-state index is 14.3. The number of likely N-dealkylation sites (tertiary alicyclic amines) is 1. The van der Waals surface area contributed by atoms with Gasteiger partial charge in [0.1, 0.15) is 16.9 Å². The molecule has 1 amide bonds. The van der Waals surface area contributed by atoms with Crippen molar-refractivity contribution in [2.45, 2.75) is 83.3 Å². The van der Waals surface area contributed by atoms with Crippen LogP contribution in [0.15, 0.2) is 30.3 Å². The van der Waals surface area contributed by atoms with Crippen LogP contribution >= 0.6 is 0 Å². The standard InChI is InChI=1S/C30H38N2O8/c1-27(2,3)29(37)16-20-28(17-21(33)38-20)26(36)40-25-30(28,29)22(39-24(35)19-9-5-4-6-10-19)23(34)32(25)15-7-8-18-11-13-31-14-12-18/h4-6,9-10,18,20,22,25,31,37H,7-8,11-17H2,1-3H3/t20-,22-,25-,28-,29+,30+/m0/s1. The number of piperidine rings is 1. The van der Waals surface area contributed by atoms with Gasteiger partial charge in [-0.05, 0) is 62.2 Å². The number of aliphatic hydroxyl groups is 1. The Balaban J connectivity index is 1.44. The Morgan fingerprint density at radius 2 is 1.82 bits per heavy atom. The molecule has 0 unspecified atom stereocenters. The fraction of sp³-hybridized carbons (Fsp3) is 0.667. The highest BCUT2D eigenvalue weighted by Gasteiger charge is 2.93. The molecule has 1 aromatic rings. The van der Waals surface area contributed by atoms with E-state index in [-0.39, 0.29) is 24.9 Å². The van der Waals surface area contributed by atoms with Gasteiger partial charge in [-0.1, -0.05) is 39.0 Å². The van der Waals surface area contributed by atoms with E-state index < -0.39 is 64.1 Å². The van der Waals surface area contributed by atoms with Crippen molar-refractivity contribution in [2.24, 2.45) is 22.2 Å². The molecule has 5 fully saturated rings. The van der Waals surface area contributed by atoms with Crippen LogP contribution < -0.4 is 5.32 Å². The van der Waals surface area contributed by atoms with Crippen LogP contribution in [0.1, 0.15) is 69.7 Å². The largest absolute Gasteiger partial charge is 0.461 e. The molecule has 1 saturated carbocycles. The summed E-state index contributed by atoms with van der Waals surface area (Å²) in [5.41, 5.74) is -5.80. The summed E-state index contributed by atoms with van der Waals surface area (Å²) < 4.78 is 17.7. The van der Waals surface area contributed by atoms with Gasteiger partial charge >= 0.3 is 17.9 Å². The molecule has 5 aliphatic rings. The predicted molar refractivity (Wildman–Crippen MR) is 140 cm³/mol. The zero-order valence-corrected chi connectivity index (χ0v) is 23.3. The second-order valence-electron chi connectivity index (χ2n) is 13.1. The number of nitrogens with zero attached hydrogens (tertiary/aromatic N) is 1. The molecule has 216 valence electrons. The normalized spacial score (nSPS) is 37.1. The van der Waals surface area contributed by atoms with Crippen molar-refractivity contribution in [3.63, 3.8) is 0 Å². The van der Waals surface area contributed by atoms with E-state index in [0.29, 0.717) is 12.3 Å². The van der Waals surface area contributed by atoms with Gasteiger partial charge in [0.25, 0.3) is 5.91 Å². The lowest BCUT2D eigenvalue weighted by Gasteiger charge is -2.51. The first-order chi connectivity index (χ1) is 19.0. The third-order valence-electron chi connectivity index (χ3n) is 10.3. The van der Waals surface area contributed by atoms with Crippen LogP contribution in [-0.2, 0) is 28.6 Å². The molecule has 40 heavy (non-hydrogen) atoms. The average Bonchev–Trinajstić information content (AvgIpc) is 3.53. The Bertz CT molecular complexity index is 1220. The van der Waals surface area contributed by atoms with Gasteiger partial charge in [0.2, 0.25) is 0 Å². The smallest absolute Gasteiger partial charge is 0.338 e. The van der Waals surface area contributed by atoms with Gasteiger partial charge in [0, 0.05) is 13.0 Å². The highest BCUT2D eigenvalue weighted by Crippen LogP contribution is 2.76. The lowest BCUT2D eigenvalue weighted by Crippen LogP contribution is -2.66. The molecule has 10 heteroatoms. The lowest BCUT2D eigenvalue weighted by molar-refractivity contribution is -0.212. The van der Waals surface area contributed by atoms with Gasteiger partial charge in [-0.2, -0.15) is 0 Å². The fourth-order valence-corrected chi connectivity index (χ4v) is 8.29. The number of rotatable bonds is 6. The van der Waals surface area contributed by atoms with Gasteiger partial charge in [0.15, 0.2) is 12.3 Å². The van der Waals surface area contributed by atoms with Crippen LogP contribution in [0.3, 0.4) is 0 Å². The highest BCUT2D eigenvalue weighted by molar-refractivity contribution is 5.99. The van der Waals surface area contributed by atoms with E-state index in [0.717, 1.165) is 32.4 Å².